The average Bonchev–Trinajstić information content (AvgIpc) is 2.82. The first-order valence-electron chi connectivity index (χ1n) is 12.5. The lowest BCUT2D eigenvalue weighted by molar-refractivity contribution is -0.136. The summed E-state index contributed by atoms with van der Waals surface area (Å²) in [7, 11) is 0. The average molecular weight is 559 g/mol. The van der Waals surface area contributed by atoms with Crippen LogP contribution in [0.3, 0.4) is 0 Å². The van der Waals surface area contributed by atoms with Crippen LogP contribution in [0.15, 0.2) is 0 Å². The number of nitrogens with two attached hydrogens (primary N) is 4. The fourth-order valence-electron chi connectivity index (χ4n) is 3.41. The van der Waals surface area contributed by atoms with E-state index in [0.717, 1.165) is 0 Å². The Morgan fingerprint density at radius 2 is 1.15 bits per heavy atom. The minimum atomic E-state index is -1.61. The van der Waals surface area contributed by atoms with E-state index in [2.05, 4.69) is 21.3 Å². The lowest BCUT2D eigenvalue weighted by atomic mass is 9.97. The first-order chi connectivity index (χ1) is 18.0. The molecule has 16 nitrogen and oxygen atoms in total. The van der Waals surface area contributed by atoms with E-state index in [9.17, 15) is 38.7 Å². The van der Waals surface area contributed by atoms with E-state index < -0.39 is 96.9 Å². The van der Waals surface area contributed by atoms with Crippen molar-refractivity contribution >= 4 is 41.4 Å². The molecule has 0 saturated heterocycles. The van der Waals surface area contributed by atoms with E-state index >= 15 is 0 Å². The van der Waals surface area contributed by atoms with Crippen molar-refractivity contribution in [3.63, 3.8) is 0 Å². The zero-order chi connectivity index (χ0) is 30.4. The molecule has 0 saturated carbocycles. The van der Waals surface area contributed by atoms with Gasteiger partial charge in [0.05, 0.1) is 25.5 Å². The maximum absolute atomic E-state index is 12.9. The van der Waals surface area contributed by atoms with Gasteiger partial charge in [-0.05, 0) is 18.3 Å². The Kier molecular flexibility index (Phi) is 15.3. The molecule has 6 atom stereocenters. The van der Waals surface area contributed by atoms with Crippen LogP contribution in [0.2, 0.25) is 0 Å². The van der Waals surface area contributed by atoms with Crippen LogP contribution in [-0.4, -0.2) is 83.3 Å². The van der Waals surface area contributed by atoms with Gasteiger partial charge in [-0.3, -0.25) is 33.6 Å². The number of hydrogen-bond acceptors (Lipinski definition) is 9. The summed E-state index contributed by atoms with van der Waals surface area (Å²) in [5.41, 5.74) is 21.3. The number of carbonyl (C=O) groups excluding carboxylic acids is 7. The molecule has 0 aliphatic rings. The molecule has 13 N–H and O–H groups in total. The van der Waals surface area contributed by atoms with Crippen molar-refractivity contribution in [2.24, 2.45) is 34.8 Å². The van der Waals surface area contributed by atoms with Gasteiger partial charge in [-0.1, -0.05) is 34.1 Å². The molecule has 0 bridgehead atoms. The molecule has 0 fully saturated rings. The summed E-state index contributed by atoms with van der Waals surface area (Å²) >= 11 is 0. The molecular formula is C23H42N8O8. The summed E-state index contributed by atoms with van der Waals surface area (Å²) in [5.74, 6) is -6.84. The number of carbonyl (C=O) groups is 7. The van der Waals surface area contributed by atoms with Gasteiger partial charge in [0, 0.05) is 0 Å². The number of aliphatic hydroxyl groups excluding tert-OH is 1. The summed E-state index contributed by atoms with van der Waals surface area (Å²) in [6.07, 6.45) is -0.494. The van der Waals surface area contributed by atoms with E-state index in [-0.39, 0.29) is 5.92 Å². The number of rotatable bonds is 18. The van der Waals surface area contributed by atoms with Gasteiger partial charge in [-0.15, -0.1) is 0 Å². The molecule has 222 valence electrons. The monoisotopic (exact) mass is 558 g/mol. The molecule has 0 aromatic carbocycles. The van der Waals surface area contributed by atoms with Crippen LogP contribution in [0.5, 0.6) is 0 Å². The van der Waals surface area contributed by atoms with Crippen LogP contribution in [0, 0.1) is 11.8 Å². The van der Waals surface area contributed by atoms with E-state index in [1.54, 1.807) is 13.8 Å². The molecule has 0 aliphatic carbocycles. The largest absolute Gasteiger partial charge is 0.394 e. The molecule has 0 heterocycles. The lowest BCUT2D eigenvalue weighted by Gasteiger charge is -2.28. The second-order valence-electron chi connectivity index (χ2n) is 9.72. The minimum Gasteiger partial charge on any atom is -0.394 e. The van der Waals surface area contributed by atoms with Gasteiger partial charge >= 0.3 is 0 Å². The second-order valence-corrected chi connectivity index (χ2v) is 9.72. The molecule has 39 heavy (non-hydrogen) atoms. The zero-order valence-electron chi connectivity index (χ0n) is 22.7. The topological polar surface area (TPSA) is 292 Å². The normalized spacial score (nSPS) is 15.6. The maximum Gasteiger partial charge on any atom is 0.245 e. The summed E-state index contributed by atoms with van der Waals surface area (Å²) in [6.45, 7) is 6.09. The highest BCUT2D eigenvalue weighted by Gasteiger charge is 2.34. The molecule has 0 spiro atoms. The van der Waals surface area contributed by atoms with Crippen LogP contribution < -0.4 is 44.2 Å². The minimum absolute atomic E-state index is 0.0707. The molecule has 0 unspecified atom stereocenters. The highest BCUT2D eigenvalue weighted by atomic mass is 16.3. The third-order valence-electron chi connectivity index (χ3n) is 5.77. The van der Waals surface area contributed by atoms with E-state index in [1.807, 2.05) is 13.8 Å². The Morgan fingerprint density at radius 3 is 1.59 bits per heavy atom. The number of aliphatic hydroxyl groups is 1. The lowest BCUT2D eigenvalue weighted by Crippen LogP contribution is -2.61. The van der Waals surface area contributed by atoms with E-state index in [4.69, 9.17) is 22.9 Å². The van der Waals surface area contributed by atoms with E-state index in [1.165, 1.54) is 0 Å². The van der Waals surface area contributed by atoms with Gasteiger partial charge in [-0.2, -0.15) is 0 Å². The summed E-state index contributed by atoms with van der Waals surface area (Å²) in [5, 5.41) is 18.9. The molecule has 0 aromatic rings. The van der Waals surface area contributed by atoms with Crippen molar-refractivity contribution in [2.75, 3.05) is 6.61 Å². The fourth-order valence-corrected chi connectivity index (χ4v) is 3.41. The molecule has 0 aromatic heterocycles. The number of primary amides is 3. The number of hydrogen-bond donors (Lipinski definition) is 9. The Bertz CT molecular complexity index is 913. The van der Waals surface area contributed by atoms with Crippen LogP contribution in [-0.2, 0) is 33.6 Å². The van der Waals surface area contributed by atoms with Gasteiger partial charge < -0.3 is 49.3 Å². The summed E-state index contributed by atoms with van der Waals surface area (Å²) in [4.78, 5) is 85.3. The standard InChI is InChI=1S/C23H42N8O8/c1-5-11(4)18(23(39)28-13(19(27)35)7-16(25)33)31-22(38)15(9-32)30-21(37)14(8-17(26)34)29-20(36)12(24)6-10(2)3/h10-15,18,32H,5-9,24H2,1-4H3,(H2,25,33)(H2,26,34)(H2,27,35)(H,28,39)(H,29,36)(H,30,37)(H,31,38)/t11-,12-,13-,14-,15-,18-/m0/s1. The highest BCUT2D eigenvalue weighted by molar-refractivity contribution is 5.97. The van der Waals surface area contributed by atoms with Crippen molar-refractivity contribution in [1.29, 1.82) is 0 Å². The molecule has 0 rings (SSSR count). The first-order valence-corrected chi connectivity index (χ1v) is 12.5. The predicted octanol–water partition coefficient (Wildman–Crippen LogP) is -4.43. The van der Waals surface area contributed by atoms with Crippen molar-refractivity contribution < 1.29 is 38.7 Å². The summed E-state index contributed by atoms with van der Waals surface area (Å²) < 4.78 is 0. The highest BCUT2D eigenvalue weighted by Crippen LogP contribution is 2.10. The first kappa shape index (κ1) is 35.2. The van der Waals surface area contributed by atoms with Crippen LogP contribution in [0.1, 0.15) is 53.4 Å². The third-order valence-corrected chi connectivity index (χ3v) is 5.77. The number of nitrogens with one attached hydrogen (secondary N) is 4. The van der Waals surface area contributed by atoms with Gasteiger partial charge in [0.1, 0.15) is 24.2 Å². The van der Waals surface area contributed by atoms with Crippen LogP contribution >= 0.6 is 0 Å². The predicted molar refractivity (Wildman–Crippen MR) is 139 cm³/mol. The molecule has 7 amide bonds. The molecule has 0 aliphatic heterocycles. The van der Waals surface area contributed by atoms with Crippen molar-refractivity contribution in [2.45, 2.75) is 83.6 Å². The Hall–Kier alpha value is -3.79. The van der Waals surface area contributed by atoms with Gasteiger partial charge in [0.2, 0.25) is 41.4 Å². The van der Waals surface area contributed by atoms with E-state index in [0.29, 0.717) is 12.8 Å². The maximum atomic E-state index is 12.9. The molecule has 16 heteroatoms. The van der Waals surface area contributed by atoms with Crippen LogP contribution in [0.4, 0.5) is 0 Å². The Labute approximate surface area is 226 Å². The third kappa shape index (κ3) is 13.0. The van der Waals surface area contributed by atoms with Crippen molar-refractivity contribution in [1.82, 2.24) is 21.3 Å². The van der Waals surface area contributed by atoms with Gasteiger partial charge in [-0.25, -0.2) is 0 Å². The zero-order valence-corrected chi connectivity index (χ0v) is 22.7. The fraction of sp³-hybridized carbons (Fsp3) is 0.696. The molecule has 0 radical (unpaired) electrons. The SMILES string of the molecule is CC[C@H](C)[C@H](NC(=O)[C@H](CO)NC(=O)[C@H](CC(N)=O)NC(=O)[C@@H](N)CC(C)C)C(=O)N[C@@H](CC(N)=O)C(N)=O. The van der Waals surface area contributed by atoms with Crippen molar-refractivity contribution in [3.8, 4) is 0 Å². The van der Waals surface area contributed by atoms with Crippen molar-refractivity contribution in [3.05, 3.63) is 0 Å². The van der Waals surface area contributed by atoms with Gasteiger partial charge in [0.15, 0.2) is 0 Å². The van der Waals surface area contributed by atoms with Crippen LogP contribution in [0.25, 0.3) is 0 Å². The van der Waals surface area contributed by atoms with Gasteiger partial charge in [0.25, 0.3) is 0 Å². The smallest absolute Gasteiger partial charge is 0.245 e. The number of amides is 7. The molecular weight excluding hydrogens is 516 g/mol. The Morgan fingerprint density at radius 1 is 0.692 bits per heavy atom. The Balaban J connectivity index is 5.65. The quantitative estimate of drug-likeness (QED) is 0.0783. The summed E-state index contributed by atoms with van der Waals surface area (Å²) in [6, 6.07) is -6.76. The second kappa shape index (κ2) is 16.9.